The minimum absolute atomic E-state index is 0.135. The van der Waals surface area contributed by atoms with E-state index in [9.17, 15) is 0 Å². The quantitative estimate of drug-likeness (QED) is 0.848. The van der Waals surface area contributed by atoms with E-state index >= 15 is 0 Å². The van der Waals surface area contributed by atoms with Gasteiger partial charge in [0.15, 0.2) is 6.29 Å². The molecule has 0 aromatic heterocycles. The maximum absolute atomic E-state index is 6.51. The van der Waals surface area contributed by atoms with Gasteiger partial charge < -0.3 is 9.47 Å². The zero-order valence-corrected chi connectivity index (χ0v) is 15.0. The van der Waals surface area contributed by atoms with Crippen LogP contribution in [-0.4, -0.2) is 37.9 Å². The van der Waals surface area contributed by atoms with Crippen LogP contribution in [0.25, 0.3) is 0 Å². The van der Waals surface area contributed by atoms with E-state index in [2.05, 4.69) is 59.5 Å². The average molecular weight is 337 g/mol. The Bertz CT molecular complexity index is 702. The third-order valence-corrected chi connectivity index (χ3v) is 5.61. The Kier molecular flexibility index (Phi) is 4.89. The van der Waals surface area contributed by atoms with Crippen molar-refractivity contribution in [2.75, 3.05) is 26.7 Å². The molecule has 3 nitrogen and oxygen atoms in total. The summed E-state index contributed by atoms with van der Waals surface area (Å²) in [4.78, 5) is 2.56. The van der Waals surface area contributed by atoms with E-state index < -0.39 is 0 Å². The van der Waals surface area contributed by atoms with Crippen LogP contribution in [0.4, 0.5) is 0 Å². The van der Waals surface area contributed by atoms with Crippen molar-refractivity contribution in [2.45, 2.75) is 37.6 Å². The van der Waals surface area contributed by atoms with E-state index in [1.165, 1.54) is 23.1 Å². The summed E-state index contributed by atoms with van der Waals surface area (Å²) >= 11 is 0. The van der Waals surface area contributed by atoms with Gasteiger partial charge in [0.1, 0.15) is 5.60 Å². The Balaban J connectivity index is 1.53. The summed E-state index contributed by atoms with van der Waals surface area (Å²) in [6, 6.07) is 19.5. The zero-order valence-electron chi connectivity index (χ0n) is 15.0. The van der Waals surface area contributed by atoms with Crippen LogP contribution in [0.1, 0.15) is 29.5 Å². The summed E-state index contributed by atoms with van der Waals surface area (Å²) in [7, 11) is 1.75. The molecule has 2 heterocycles. The topological polar surface area (TPSA) is 21.7 Å². The highest BCUT2D eigenvalue weighted by Crippen LogP contribution is 2.42. The normalized spacial score (nSPS) is 26.5. The van der Waals surface area contributed by atoms with Crippen molar-refractivity contribution in [3.05, 3.63) is 71.3 Å². The standard InChI is InChI=1S/C22H27NO2/c1-24-21-16-19-10-5-6-11-20(19)22(25-21)13-7-14-23(17-22)15-12-18-8-3-2-4-9-18/h2-6,8-11,21H,7,12-17H2,1H3/t21-,22+/m1/s1. The number of fused-ring (bicyclic) bond motifs is 2. The van der Waals surface area contributed by atoms with Gasteiger partial charge in [0.25, 0.3) is 0 Å². The van der Waals surface area contributed by atoms with E-state index in [0.29, 0.717) is 0 Å². The number of methoxy groups -OCH3 is 1. The second-order valence-electron chi connectivity index (χ2n) is 7.25. The van der Waals surface area contributed by atoms with Crippen LogP contribution < -0.4 is 0 Å². The van der Waals surface area contributed by atoms with Gasteiger partial charge in [0.2, 0.25) is 0 Å². The van der Waals surface area contributed by atoms with Crippen molar-refractivity contribution in [1.82, 2.24) is 4.90 Å². The highest BCUT2D eigenvalue weighted by atomic mass is 16.7. The minimum Gasteiger partial charge on any atom is -0.355 e. The molecule has 1 fully saturated rings. The molecule has 2 atom stereocenters. The molecule has 0 amide bonds. The number of rotatable bonds is 4. The third kappa shape index (κ3) is 3.50. The molecule has 2 aromatic carbocycles. The molecule has 0 bridgehead atoms. The van der Waals surface area contributed by atoms with Crippen LogP contribution in [0, 0.1) is 0 Å². The molecule has 2 aliphatic rings. The maximum Gasteiger partial charge on any atom is 0.162 e. The number of piperidine rings is 1. The van der Waals surface area contributed by atoms with E-state index in [1.54, 1.807) is 7.11 Å². The first-order valence-electron chi connectivity index (χ1n) is 9.34. The van der Waals surface area contributed by atoms with Gasteiger partial charge in [-0.1, -0.05) is 54.6 Å². The van der Waals surface area contributed by atoms with Gasteiger partial charge in [-0.3, -0.25) is 4.90 Å². The fourth-order valence-corrected chi connectivity index (χ4v) is 4.36. The Hall–Kier alpha value is -1.68. The van der Waals surface area contributed by atoms with E-state index in [-0.39, 0.29) is 11.9 Å². The number of likely N-dealkylation sites (tertiary alicyclic amines) is 1. The number of nitrogens with zero attached hydrogens (tertiary/aromatic N) is 1. The largest absolute Gasteiger partial charge is 0.355 e. The molecule has 0 saturated carbocycles. The molecule has 4 rings (SSSR count). The van der Waals surface area contributed by atoms with Gasteiger partial charge in [0.05, 0.1) is 0 Å². The van der Waals surface area contributed by atoms with Crippen LogP contribution in [-0.2, 0) is 27.9 Å². The van der Waals surface area contributed by atoms with Crippen molar-refractivity contribution in [3.8, 4) is 0 Å². The van der Waals surface area contributed by atoms with Crippen LogP contribution in [0.5, 0.6) is 0 Å². The van der Waals surface area contributed by atoms with Gasteiger partial charge in [-0.15, -0.1) is 0 Å². The predicted molar refractivity (Wildman–Crippen MR) is 99.5 cm³/mol. The Morgan fingerprint density at radius 3 is 2.76 bits per heavy atom. The fraction of sp³-hybridized carbons (Fsp3) is 0.455. The summed E-state index contributed by atoms with van der Waals surface area (Å²) in [6.45, 7) is 3.18. The molecule has 3 heteroatoms. The molecule has 0 unspecified atom stereocenters. The molecule has 1 saturated heterocycles. The Labute approximate surface area is 150 Å². The maximum atomic E-state index is 6.51. The Morgan fingerprint density at radius 1 is 1.12 bits per heavy atom. The van der Waals surface area contributed by atoms with Gasteiger partial charge in [-0.2, -0.15) is 0 Å². The molecule has 2 aliphatic heterocycles. The van der Waals surface area contributed by atoms with E-state index in [0.717, 1.165) is 38.9 Å². The lowest BCUT2D eigenvalue weighted by Crippen LogP contribution is -2.52. The minimum atomic E-state index is -0.218. The van der Waals surface area contributed by atoms with Gasteiger partial charge in [-0.25, -0.2) is 0 Å². The van der Waals surface area contributed by atoms with Gasteiger partial charge >= 0.3 is 0 Å². The second kappa shape index (κ2) is 7.28. The molecular weight excluding hydrogens is 310 g/mol. The molecule has 25 heavy (non-hydrogen) atoms. The number of hydrogen-bond donors (Lipinski definition) is 0. The third-order valence-electron chi connectivity index (χ3n) is 5.61. The number of benzene rings is 2. The van der Waals surface area contributed by atoms with Crippen molar-refractivity contribution in [3.63, 3.8) is 0 Å². The summed E-state index contributed by atoms with van der Waals surface area (Å²) in [6.07, 6.45) is 4.04. The highest BCUT2D eigenvalue weighted by Gasteiger charge is 2.44. The summed E-state index contributed by atoms with van der Waals surface area (Å²) in [5.41, 5.74) is 3.94. The van der Waals surface area contributed by atoms with Crippen molar-refractivity contribution in [1.29, 1.82) is 0 Å². The van der Waals surface area contributed by atoms with Crippen molar-refractivity contribution < 1.29 is 9.47 Å². The summed E-state index contributed by atoms with van der Waals surface area (Å²) in [5, 5.41) is 0. The first-order chi connectivity index (χ1) is 12.3. The average Bonchev–Trinajstić information content (AvgIpc) is 2.67. The first kappa shape index (κ1) is 16.8. The smallest absolute Gasteiger partial charge is 0.162 e. The molecule has 132 valence electrons. The number of hydrogen-bond acceptors (Lipinski definition) is 3. The number of ether oxygens (including phenoxy) is 2. The second-order valence-corrected chi connectivity index (χ2v) is 7.25. The van der Waals surface area contributed by atoms with Gasteiger partial charge in [-0.05, 0) is 42.5 Å². The van der Waals surface area contributed by atoms with Gasteiger partial charge in [0, 0.05) is 26.6 Å². The van der Waals surface area contributed by atoms with Crippen LogP contribution in [0.3, 0.4) is 0 Å². The van der Waals surface area contributed by atoms with E-state index in [4.69, 9.17) is 9.47 Å². The summed E-state index contributed by atoms with van der Waals surface area (Å²) < 4.78 is 12.1. The predicted octanol–water partition coefficient (Wildman–Crippen LogP) is 3.77. The molecule has 2 aromatic rings. The highest BCUT2D eigenvalue weighted by molar-refractivity contribution is 5.35. The SMILES string of the molecule is CO[C@H]1Cc2ccccc2[C@@]2(CCCN(CCc3ccccc3)C2)O1. The van der Waals surface area contributed by atoms with Crippen molar-refractivity contribution >= 4 is 0 Å². The first-order valence-corrected chi connectivity index (χ1v) is 9.34. The van der Waals surface area contributed by atoms with Crippen molar-refractivity contribution in [2.24, 2.45) is 0 Å². The molecule has 0 N–H and O–H groups in total. The van der Waals surface area contributed by atoms with Crippen LogP contribution >= 0.6 is 0 Å². The molecular formula is C22H27NO2. The lowest BCUT2D eigenvalue weighted by Gasteiger charge is -2.48. The fourth-order valence-electron chi connectivity index (χ4n) is 4.36. The monoisotopic (exact) mass is 337 g/mol. The molecule has 0 radical (unpaired) electrons. The van der Waals surface area contributed by atoms with Crippen LogP contribution in [0.15, 0.2) is 54.6 Å². The zero-order chi connectivity index (χ0) is 17.1. The van der Waals surface area contributed by atoms with E-state index in [1.807, 2.05) is 0 Å². The lowest BCUT2D eigenvalue weighted by atomic mass is 9.80. The summed E-state index contributed by atoms with van der Waals surface area (Å²) in [5.74, 6) is 0. The van der Waals surface area contributed by atoms with Crippen LogP contribution in [0.2, 0.25) is 0 Å². The molecule has 0 aliphatic carbocycles. The molecule has 1 spiro atoms. The lowest BCUT2D eigenvalue weighted by molar-refractivity contribution is -0.228. The Morgan fingerprint density at radius 2 is 1.92 bits per heavy atom.